The number of quaternary nitrogens is 1. The Bertz CT molecular complexity index is 743. The van der Waals surface area contributed by atoms with Crippen molar-refractivity contribution >= 4 is 20.6 Å². The molecule has 0 heterocycles. The minimum atomic E-state index is -2.44. The van der Waals surface area contributed by atoms with Gasteiger partial charge in [0.25, 0.3) is 0 Å². The van der Waals surface area contributed by atoms with Crippen LogP contribution in [0.25, 0.3) is 0 Å². The highest BCUT2D eigenvalue weighted by atomic mass is 32.2. The molecule has 0 aromatic heterocycles. The maximum Gasteiger partial charge on any atom is 0.500 e. The van der Waals surface area contributed by atoms with Gasteiger partial charge >= 0.3 is 8.80 Å². The van der Waals surface area contributed by atoms with Crippen LogP contribution in [0.15, 0.2) is 60.7 Å². The van der Waals surface area contributed by atoms with Gasteiger partial charge in [-0.25, -0.2) is 0 Å². The van der Waals surface area contributed by atoms with Crippen molar-refractivity contribution in [2.45, 2.75) is 44.6 Å². The molecule has 2 atom stereocenters. The van der Waals surface area contributed by atoms with Crippen molar-refractivity contribution in [2.75, 3.05) is 60.5 Å². The lowest BCUT2D eigenvalue weighted by Gasteiger charge is -2.24. The minimum absolute atomic E-state index is 0.544. The predicted molar refractivity (Wildman–Crippen MR) is 151 cm³/mol. The van der Waals surface area contributed by atoms with Gasteiger partial charge in [-0.1, -0.05) is 67.6 Å². The van der Waals surface area contributed by atoms with Gasteiger partial charge in [0.15, 0.2) is 0 Å². The molecule has 0 amide bonds. The van der Waals surface area contributed by atoms with E-state index in [2.05, 4.69) is 95.7 Å². The van der Waals surface area contributed by atoms with E-state index < -0.39 is 8.80 Å². The van der Waals surface area contributed by atoms with Crippen LogP contribution in [-0.2, 0) is 13.3 Å². The molecule has 0 saturated heterocycles. The second kappa shape index (κ2) is 16.5. The average Bonchev–Trinajstić information content (AvgIpc) is 2.87. The number of hydrogen-bond acceptors (Lipinski definition) is 4. The molecule has 0 fully saturated rings. The SMILES string of the molecule is CC[N+](C)(C)C.CO[Si](CCCSCC(CC(C)c1ccccc1)c1ccccc1)(OC)OC. The summed E-state index contributed by atoms with van der Waals surface area (Å²) in [7, 11) is 9.15. The van der Waals surface area contributed by atoms with Gasteiger partial charge in [0.1, 0.15) is 0 Å². The maximum atomic E-state index is 5.52. The summed E-state index contributed by atoms with van der Waals surface area (Å²) in [5.74, 6) is 3.31. The highest BCUT2D eigenvalue weighted by Crippen LogP contribution is 2.32. The van der Waals surface area contributed by atoms with Crippen LogP contribution in [0, 0.1) is 0 Å². The van der Waals surface area contributed by atoms with Crippen LogP contribution in [0.4, 0.5) is 0 Å². The molecule has 0 aliphatic carbocycles. The average molecular weight is 507 g/mol. The molecule has 2 rings (SSSR count). The third-order valence-corrected chi connectivity index (χ3v) is 10.3. The first kappa shape index (κ1) is 30.9. The molecule has 192 valence electrons. The summed E-state index contributed by atoms with van der Waals surface area (Å²) in [5.41, 5.74) is 2.86. The van der Waals surface area contributed by atoms with Gasteiger partial charge in [-0.05, 0) is 48.5 Å². The van der Waals surface area contributed by atoms with Crippen LogP contribution in [0.1, 0.15) is 49.7 Å². The first-order chi connectivity index (χ1) is 16.2. The Kier molecular flexibility index (Phi) is 15.0. The highest BCUT2D eigenvalue weighted by molar-refractivity contribution is 7.99. The minimum Gasteiger partial charge on any atom is -0.377 e. The molecule has 0 N–H and O–H groups in total. The molecule has 4 nitrogen and oxygen atoms in total. The van der Waals surface area contributed by atoms with E-state index in [0.29, 0.717) is 11.8 Å². The smallest absolute Gasteiger partial charge is 0.377 e. The molecular weight excluding hydrogens is 458 g/mol. The molecular formula is C28H48NO3SSi+. The molecule has 34 heavy (non-hydrogen) atoms. The van der Waals surface area contributed by atoms with Crippen molar-refractivity contribution in [1.29, 1.82) is 0 Å². The molecule has 2 unspecified atom stereocenters. The standard InChI is InChI=1S/C23H34O3SSi.C5H14N/c1-20(21-12-7-5-8-13-21)18-23(22-14-9-6-10-15-22)19-27-16-11-17-28(24-2,25-3)26-4;1-5-6(2,3)4/h5-10,12-15,20,23H,11,16-19H2,1-4H3;5H2,1-4H3/q;+1. The van der Waals surface area contributed by atoms with Gasteiger partial charge in [0, 0.05) is 33.1 Å². The summed E-state index contributed by atoms with van der Waals surface area (Å²) >= 11 is 2.02. The monoisotopic (exact) mass is 506 g/mol. The lowest BCUT2D eigenvalue weighted by Crippen LogP contribution is -2.42. The van der Waals surface area contributed by atoms with Gasteiger partial charge in [-0.3, -0.25) is 0 Å². The summed E-state index contributed by atoms with van der Waals surface area (Å²) in [6, 6.07) is 22.6. The Labute approximate surface area is 215 Å². The number of benzene rings is 2. The van der Waals surface area contributed by atoms with Gasteiger partial charge in [-0.2, -0.15) is 11.8 Å². The van der Waals surface area contributed by atoms with Crippen LogP contribution in [0.5, 0.6) is 0 Å². The maximum absolute atomic E-state index is 5.52. The second-order valence-corrected chi connectivity index (χ2v) is 14.0. The molecule has 0 spiro atoms. The van der Waals surface area contributed by atoms with Crippen LogP contribution >= 0.6 is 11.8 Å². The molecule has 0 saturated carbocycles. The number of nitrogens with zero attached hydrogens (tertiary/aromatic N) is 1. The normalized spacial score (nSPS) is 13.6. The van der Waals surface area contributed by atoms with Crippen molar-refractivity contribution in [1.82, 2.24) is 0 Å². The zero-order chi connectivity index (χ0) is 25.5. The van der Waals surface area contributed by atoms with E-state index in [0.717, 1.165) is 34.9 Å². The summed E-state index contributed by atoms with van der Waals surface area (Å²) in [6.45, 7) is 5.73. The molecule has 0 bridgehead atoms. The Balaban J connectivity index is 0.000000852. The molecule has 2 aromatic rings. The highest BCUT2D eigenvalue weighted by Gasteiger charge is 2.36. The van der Waals surface area contributed by atoms with Crippen molar-refractivity contribution in [2.24, 2.45) is 0 Å². The third kappa shape index (κ3) is 12.0. The lowest BCUT2D eigenvalue weighted by molar-refractivity contribution is -0.868. The fourth-order valence-corrected chi connectivity index (χ4v) is 6.65. The van der Waals surface area contributed by atoms with E-state index >= 15 is 0 Å². The summed E-state index contributed by atoms with van der Waals surface area (Å²) < 4.78 is 17.6. The predicted octanol–water partition coefficient (Wildman–Crippen LogP) is 6.68. The van der Waals surface area contributed by atoms with Crippen molar-refractivity contribution in [3.8, 4) is 0 Å². The Hall–Kier alpha value is -1.15. The van der Waals surface area contributed by atoms with E-state index in [9.17, 15) is 0 Å². The van der Waals surface area contributed by atoms with Crippen LogP contribution in [0.3, 0.4) is 0 Å². The molecule has 0 radical (unpaired) electrons. The quantitative estimate of drug-likeness (QED) is 0.162. The molecule has 0 aliphatic heterocycles. The third-order valence-electron chi connectivity index (χ3n) is 6.25. The van der Waals surface area contributed by atoms with E-state index in [1.54, 1.807) is 21.3 Å². The number of rotatable bonds is 14. The zero-order valence-corrected chi connectivity index (χ0v) is 24.6. The van der Waals surface area contributed by atoms with Crippen molar-refractivity contribution < 1.29 is 17.8 Å². The summed E-state index contributed by atoms with van der Waals surface area (Å²) in [6.07, 6.45) is 2.20. The largest absolute Gasteiger partial charge is 0.500 e. The topological polar surface area (TPSA) is 27.7 Å². The summed E-state index contributed by atoms with van der Waals surface area (Å²) in [4.78, 5) is 0. The van der Waals surface area contributed by atoms with Gasteiger partial charge < -0.3 is 17.8 Å². The molecule has 6 heteroatoms. The van der Waals surface area contributed by atoms with E-state index in [1.807, 2.05) is 11.8 Å². The van der Waals surface area contributed by atoms with Gasteiger partial charge in [-0.15, -0.1) is 0 Å². The Morgan fingerprint density at radius 3 is 1.74 bits per heavy atom. The first-order valence-electron chi connectivity index (χ1n) is 12.3. The van der Waals surface area contributed by atoms with E-state index in [1.165, 1.54) is 17.7 Å². The van der Waals surface area contributed by atoms with E-state index in [-0.39, 0.29) is 0 Å². The number of hydrogen-bond donors (Lipinski definition) is 0. The second-order valence-electron chi connectivity index (χ2n) is 9.74. The molecule has 0 aliphatic rings. The molecule has 2 aromatic carbocycles. The zero-order valence-electron chi connectivity index (χ0n) is 22.8. The van der Waals surface area contributed by atoms with Gasteiger partial charge in [0.2, 0.25) is 0 Å². The Morgan fingerprint density at radius 2 is 1.29 bits per heavy atom. The fraction of sp³-hybridized carbons (Fsp3) is 0.571. The first-order valence-corrected chi connectivity index (χ1v) is 15.4. The van der Waals surface area contributed by atoms with Crippen molar-refractivity contribution in [3.05, 3.63) is 71.8 Å². The fourth-order valence-electron chi connectivity index (χ4n) is 3.54. The van der Waals surface area contributed by atoms with Crippen LogP contribution < -0.4 is 0 Å². The van der Waals surface area contributed by atoms with Gasteiger partial charge in [0.05, 0.1) is 27.7 Å². The number of thioether (sulfide) groups is 1. The summed E-state index contributed by atoms with van der Waals surface area (Å²) in [5, 5.41) is 0. The van der Waals surface area contributed by atoms with Crippen molar-refractivity contribution in [3.63, 3.8) is 0 Å². The lowest BCUT2D eigenvalue weighted by atomic mass is 9.87. The van der Waals surface area contributed by atoms with Crippen LogP contribution in [0.2, 0.25) is 6.04 Å². The van der Waals surface area contributed by atoms with Crippen LogP contribution in [-0.4, -0.2) is 73.8 Å². The van der Waals surface area contributed by atoms with E-state index in [4.69, 9.17) is 13.3 Å². The Morgan fingerprint density at radius 1 is 0.824 bits per heavy atom.